The molecule has 0 bridgehead atoms. The number of halogens is 3. The minimum absolute atomic E-state index is 0.0451. The first kappa shape index (κ1) is 13.8. The first-order chi connectivity index (χ1) is 8.94. The molecule has 2 rings (SSSR count). The van der Waals surface area contributed by atoms with Gasteiger partial charge in [0.25, 0.3) is 0 Å². The van der Waals surface area contributed by atoms with Crippen LogP contribution < -0.4 is 10.2 Å². The van der Waals surface area contributed by atoms with Crippen molar-refractivity contribution in [2.45, 2.75) is 0 Å². The van der Waals surface area contributed by atoms with Crippen molar-refractivity contribution in [3.05, 3.63) is 34.3 Å². The highest BCUT2D eigenvalue weighted by atomic mass is 35.5. The normalized spacial score (nSPS) is 10.4. The number of nitrogens with zero attached hydrogens (tertiary/aromatic N) is 4. The molecule has 0 fully saturated rings. The van der Waals surface area contributed by atoms with Crippen molar-refractivity contribution in [3.63, 3.8) is 0 Å². The molecule has 2 aromatic rings. The van der Waals surface area contributed by atoms with Crippen LogP contribution in [0.1, 0.15) is 0 Å². The van der Waals surface area contributed by atoms with Crippen LogP contribution in [0.3, 0.4) is 0 Å². The van der Waals surface area contributed by atoms with Crippen LogP contribution in [0.2, 0.25) is 10.3 Å². The fourth-order valence-electron chi connectivity index (χ4n) is 1.35. The maximum Gasteiger partial charge on any atom is 0.233 e. The van der Waals surface area contributed by atoms with Gasteiger partial charge in [-0.15, -0.1) is 0 Å². The van der Waals surface area contributed by atoms with E-state index in [1.165, 1.54) is 12.1 Å². The third-order valence-electron chi connectivity index (χ3n) is 2.12. The van der Waals surface area contributed by atoms with Crippen LogP contribution in [0, 0.1) is 5.82 Å². The van der Waals surface area contributed by atoms with Crippen molar-refractivity contribution < 1.29 is 4.39 Å². The van der Waals surface area contributed by atoms with E-state index in [1.54, 1.807) is 25.1 Å². The molecule has 0 aliphatic rings. The van der Waals surface area contributed by atoms with Gasteiger partial charge in [-0.2, -0.15) is 15.0 Å². The Balaban J connectivity index is 2.32. The molecule has 1 aromatic heterocycles. The standard InChI is InChI=1S/C11H10Cl2FN5/c1-19(2)11-17-9(13)16-10(18-11)15-8-4-6(12)3-7(14)5-8/h3-5H,1-2H3,(H,15,16,17,18). The van der Waals surface area contributed by atoms with E-state index in [1.807, 2.05) is 0 Å². The first-order valence-electron chi connectivity index (χ1n) is 5.26. The van der Waals surface area contributed by atoms with E-state index in [-0.39, 0.29) is 16.3 Å². The summed E-state index contributed by atoms with van der Waals surface area (Å²) in [5.41, 5.74) is 0.428. The largest absolute Gasteiger partial charge is 0.347 e. The lowest BCUT2D eigenvalue weighted by molar-refractivity contribution is 0.628. The van der Waals surface area contributed by atoms with Crippen molar-refractivity contribution in [1.29, 1.82) is 0 Å². The molecule has 0 saturated carbocycles. The monoisotopic (exact) mass is 301 g/mol. The molecule has 1 N–H and O–H groups in total. The van der Waals surface area contributed by atoms with E-state index in [9.17, 15) is 4.39 Å². The summed E-state index contributed by atoms with van der Waals surface area (Å²) in [7, 11) is 3.54. The molecule has 1 heterocycles. The summed E-state index contributed by atoms with van der Waals surface area (Å²) < 4.78 is 13.2. The summed E-state index contributed by atoms with van der Waals surface area (Å²) in [6, 6.07) is 4.04. The van der Waals surface area contributed by atoms with Gasteiger partial charge in [0.15, 0.2) is 0 Å². The Hall–Kier alpha value is -1.66. The van der Waals surface area contributed by atoms with Gasteiger partial charge >= 0.3 is 0 Å². The fraction of sp³-hybridized carbons (Fsp3) is 0.182. The van der Waals surface area contributed by atoms with Gasteiger partial charge in [-0.25, -0.2) is 4.39 Å². The molecule has 1 aromatic carbocycles. The number of benzene rings is 1. The predicted molar refractivity (Wildman–Crippen MR) is 73.9 cm³/mol. The molecule has 0 aliphatic carbocycles. The fourth-order valence-corrected chi connectivity index (χ4v) is 1.73. The van der Waals surface area contributed by atoms with Crippen LogP contribution in [-0.4, -0.2) is 29.0 Å². The lowest BCUT2D eigenvalue weighted by Gasteiger charge is -2.12. The molecule has 0 unspecified atom stereocenters. The SMILES string of the molecule is CN(C)c1nc(Cl)nc(Nc2cc(F)cc(Cl)c2)n1. The average Bonchev–Trinajstić information content (AvgIpc) is 2.26. The Bertz CT molecular complexity index is 585. The van der Waals surface area contributed by atoms with Crippen molar-refractivity contribution in [3.8, 4) is 0 Å². The summed E-state index contributed by atoms with van der Waals surface area (Å²) >= 11 is 11.6. The number of hydrogen-bond acceptors (Lipinski definition) is 5. The van der Waals surface area contributed by atoms with Gasteiger partial charge in [0.1, 0.15) is 5.82 Å². The second kappa shape index (κ2) is 5.54. The van der Waals surface area contributed by atoms with E-state index in [0.29, 0.717) is 11.6 Å². The van der Waals surface area contributed by atoms with Gasteiger partial charge in [0.2, 0.25) is 17.2 Å². The number of anilines is 3. The Kier molecular flexibility index (Phi) is 4.01. The molecule has 19 heavy (non-hydrogen) atoms. The van der Waals surface area contributed by atoms with Crippen LogP contribution in [0.4, 0.5) is 22.0 Å². The zero-order chi connectivity index (χ0) is 14.0. The number of hydrogen-bond donors (Lipinski definition) is 1. The Morgan fingerprint density at radius 3 is 2.47 bits per heavy atom. The average molecular weight is 302 g/mol. The highest BCUT2D eigenvalue weighted by molar-refractivity contribution is 6.30. The molecule has 0 radical (unpaired) electrons. The third-order valence-corrected chi connectivity index (χ3v) is 2.50. The van der Waals surface area contributed by atoms with Crippen molar-refractivity contribution in [2.75, 3.05) is 24.3 Å². The Morgan fingerprint density at radius 1 is 1.11 bits per heavy atom. The van der Waals surface area contributed by atoms with Crippen LogP contribution in [-0.2, 0) is 0 Å². The lowest BCUT2D eigenvalue weighted by Crippen LogP contribution is -2.14. The molecule has 0 amide bonds. The predicted octanol–water partition coefficient (Wildman–Crippen LogP) is 3.13. The highest BCUT2D eigenvalue weighted by Crippen LogP contribution is 2.21. The lowest BCUT2D eigenvalue weighted by atomic mass is 10.3. The van der Waals surface area contributed by atoms with E-state index >= 15 is 0 Å². The second-order valence-corrected chi connectivity index (χ2v) is 4.68. The van der Waals surface area contributed by atoms with Crippen LogP contribution >= 0.6 is 23.2 Å². The summed E-state index contributed by atoms with van der Waals surface area (Å²) in [6.45, 7) is 0. The van der Waals surface area contributed by atoms with Crippen molar-refractivity contribution in [1.82, 2.24) is 15.0 Å². The van der Waals surface area contributed by atoms with Crippen molar-refractivity contribution >= 4 is 40.8 Å². The van der Waals surface area contributed by atoms with Crippen LogP contribution in [0.5, 0.6) is 0 Å². The number of rotatable bonds is 3. The van der Waals surface area contributed by atoms with Crippen LogP contribution in [0.15, 0.2) is 18.2 Å². The van der Waals surface area contributed by atoms with Gasteiger partial charge in [-0.05, 0) is 29.8 Å². The minimum Gasteiger partial charge on any atom is -0.347 e. The molecule has 0 saturated heterocycles. The van der Waals surface area contributed by atoms with Gasteiger partial charge in [0.05, 0.1) is 0 Å². The molecular formula is C11H10Cl2FN5. The zero-order valence-electron chi connectivity index (χ0n) is 10.2. The van der Waals surface area contributed by atoms with E-state index < -0.39 is 5.82 Å². The minimum atomic E-state index is -0.456. The topological polar surface area (TPSA) is 53.9 Å². The summed E-state index contributed by atoms with van der Waals surface area (Å²) in [5.74, 6) is 0.151. The summed E-state index contributed by atoms with van der Waals surface area (Å²) in [5, 5.41) is 3.14. The maximum atomic E-state index is 13.2. The van der Waals surface area contributed by atoms with Crippen molar-refractivity contribution in [2.24, 2.45) is 0 Å². The summed E-state index contributed by atoms with van der Waals surface area (Å²) in [6.07, 6.45) is 0. The molecule has 100 valence electrons. The quantitative estimate of drug-likeness (QED) is 0.944. The van der Waals surface area contributed by atoms with Gasteiger partial charge < -0.3 is 10.2 Å². The highest BCUT2D eigenvalue weighted by Gasteiger charge is 2.08. The van der Waals surface area contributed by atoms with Gasteiger partial charge in [-0.3, -0.25) is 0 Å². The second-order valence-electron chi connectivity index (χ2n) is 3.91. The maximum absolute atomic E-state index is 13.2. The third kappa shape index (κ3) is 3.65. The smallest absolute Gasteiger partial charge is 0.233 e. The molecule has 5 nitrogen and oxygen atoms in total. The molecule has 0 aliphatic heterocycles. The molecular weight excluding hydrogens is 292 g/mol. The zero-order valence-corrected chi connectivity index (χ0v) is 11.7. The molecule has 8 heteroatoms. The Morgan fingerprint density at radius 2 is 1.84 bits per heavy atom. The van der Waals surface area contributed by atoms with E-state index in [2.05, 4.69) is 20.3 Å². The molecule has 0 spiro atoms. The summed E-state index contributed by atoms with van der Waals surface area (Å²) in [4.78, 5) is 13.7. The number of nitrogens with one attached hydrogen (secondary N) is 1. The first-order valence-corrected chi connectivity index (χ1v) is 6.01. The van der Waals surface area contributed by atoms with Gasteiger partial charge in [0, 0.05) is 24.8 Å². The van der Waals surface area contributed by atoms with E-state index in [0.717, 1.165) is 0 Å². The van der Waals surface area contributed by atoms with Gasteiger partial charge in [-0.1, -0.05) is 11.6 Å². The van der Waals surface area contributed by atoms with Crippen LogP contribution in [0.25, 0.3) is 0 Å². The molecule has 0 atom stereocenters. The Labute approximate surface area is 119 Å². The van der Waals surface area contributed by atoms with E-state index in [4.69, 9.17) is 23.2 Å². The number of aromatic nitrogens is 3.